The van der Waals surface area contributed by atoms with Crippen LogP contribution in [0.4, 0.5) is 0 Å². The number of hydrogen-bond donors (Lipinski definition) is 0. The zero-order valence-corrected chi connectivity index (χ0v) is 29.2. The van der Waals surface area contributed by atoms with Gasteiger partial charge in [0.2, 0.25) is 0 Å². The van der Waals surface area contributed by atoms with Crippen molar-refractivity contribution in [3.63, 3.8) is 0 Å². The van der Waals surface area contributed by atoms with Crippen molar-refractivity contribution >= 4 is 5.71 Å². The fourth-order valence-electron chi connectivity index (χ4n) is 12.2. The molecule has 10 aliphatic rings. The fourth-order valence-corrected chi connectivity index (χ4v) is 12.2. The molecule has 256 valence electrons. The SMILES string of the molecule is CC#CCO/N=C(/C[C@H]1O[C@@H]2C[C@@]3(C)CC[C@H]4[C@H](C)CC[C@@H]([C@H]1C)[C@@]24OO3)[C@H]1O[C@@H]2C[C@@]3(C)CC[C@H]4[C@H](C)CC[C@@H]([C@H]1C)[C@@]24OO3. The summed E-state index contributed by atoms with van der Waals surface area (Å²) >= 11 is 0. The van der Waals surface area contributed by atoms with E-state index >= 15 is 0 Å². The van der Waals surface area contributed by atoms with Crippen molar-refractivity contribution in [2.24, 2.45) is 52.5 Å². The van der Waals surface area contributed by atoms with Crippen LogP contribution < -0.4 is 0 Å². The monoisotopic (exact) mass is 639 g/mol. The average molecular weight is 640 g/mol. The van der Waals surface area contributed by atoms with Crippen molar-refractivity contribution in [1.29, 1.82) is 0 Å². The molecule has 4 saturated carbocycles. The lowest BCUT2D eigenvalue weighted by Crippen LogP contribution is -2.71. The maximum absolute atomic E-state index is 7.29. The van der Waals surface area contributed by atoms with Gasteiger partial charge in [0.25, 0.3) is 0 Å². The van der Waals surface area contributed by atoms with Gasteiger partial charge >= 0.3 is 0 Å². The zero-order chi connectivity index (χ0) is 32.1. The van der Waals surface area contributed by atoms with Gasteiger partial charge in [-0.2, -0.15) is 0 Å². The molecule has 4 aliphatic carbocycles. The molecule has 46 heavy (non-hydrogen) atoms. The van der Waals surface area contributed by atoms with Crippen molar-refractivity contribution < 1.29 is 33.9 Å². The van der Waals surface area contributed by atoms with Crippen LogP contribution in [0.2, 0.25) is 0 Å². The van der Waals surface area contributed by atoms with E-state index in [0.717, 1.165) is 57.1 Å². The van der Waals surface area contributed by atoms with Gasteiger partial charge in [-0.15, -0.1) is 5.92 Å². The third-order valence-electron chi connectivity index (χ3n) is 14.8. The summed E-state index contributed by atoms with van der Waals surface area (Å²) in [6.45, 7) is 16.1. The second-order valence-electron chi connectivity index (χ2n) is 17.4. The molecule has 16 atom stereocenters. The molecule has 4 bridgehead atoms. The summed E-state index contributed by atoms with van der Waals surface area (Å²) in [6.07, 6.45) is 11.2. The highest BCUT2D eigenvalue weighted by Crippen LogP contribution is 2.63. The van der Waals surface area contributed by atoms with E-state index in [2.05, 4.69) is 53.4 Å². The van der Waals surface area contributed by atoms with Gasteiger partial charge in [0, 0.05) is 19.3 Å². The summed E-state index contributed by atoms with van der Waals surface area (Å²) in [4.78, 5) is 31.6. The summed E-state index contributed by atoms with van der Waals surface area (Å²) < 4.78 is 14.5. The Kier molecular flexibility index (Phi) is 7.95. The molecule has 0 unspecified atom stereocenters. The third-order valence-corrected chi connectivity index (χ3v) is 14.8. The first-order valence-corrected chi connectivity index (χ1v) is 18.7. The maximum atomic E-state index is 7.29. The molecule has 2 spiro atoms. The van der Waals surface area contributed by atoms with E-state index in [4.69, 9.17) is 39.0 Å². The molecule has 0 aromatic heterocycles. The molecule has 10 rings (SSSR count). The second kappa shape index (κ2) is 11.4. The van der Waals surface area contributed by atoms with Gasteiger partial charge in [-0.3, -0.25) is 0 Å². The first-order chi connectivity index (χ1) is 22.0. The van der Waals surface area contributed by atoms with Crippen molar-refractivity contribution in [1.82, 2.24) is 0 Å². The Morgan fingerprint density at radius 3 is 1.87 bits per heavy atom. The third kappa shape index (κ3) is 4.65. The van der Waals surface area contributed by atoms with Crippen molar-refractivity contribution in [2.45, 2.75) is 166 Å². The lowest BCUT2D eigenvalue weighted by atomic mass is 9.55. The van der Waals surface area contributed by atoms with Crippen molar-refractivity contribution in [2.75, 3.05) is 6.61 Å². The summed E-state index contributed by atoms with van der Waals surface area (Å²) in [5.41, 5.74) is -0.437. The Balaban J connectivity index is 1.12. The van der Waals surface area contributed by atoms with E-state index in [-0.39, 0.29) is 59.7 Å². The fraction of sp³-hybridized carbons (Fsp3) is 0.921. The summed E-state index contributed by atoms with van der Waals surface area (Å²) in [6, 6.07) is 0. The van der Waals surface area contributed by atoms with Gasteiger partial charge in [0.1, 0.15) is 28.5 Å². The lowest BCUT2D eigenvalue weighted by molar-refractivity contribution is -0.487. The summed E-state index contributed by atoms with van der Waals surface area (Å²) in [5, 5.41) is 4.88. The molecule has 0 N–H and O–H groups in total. The topological polar surface area (TPSA) is 77.0 Å². The van der Waals surface area contributed by atoms with Crippen LogP contribution in [-0.4, -0.2) is 59.1 Å². The number of rotatable bonds is 5. The number of ether oxygens (including phenoxy) is 2. The molecule has 0 aromatic rings. The van der Waals surface area contributed by atoms with E-state index in [9.17, 15) is 0 Å². The van der Waals surface area contributed by atoms with Crippen LogP contribution in [0.25, 0.3) is 0 Å². The van der Waals surface area contributed by atoms with E-state index in [1.54, 1.807) is 0 Å². The largest absolute Gasteiger partial charge is 0.383 e. The van der Waals surface area contributed by atoms with Crippen molar-refractivity contribution in [3.8, 4) is 11.8 Å². The number of hydrogen-bond acceptors (Lipinski definition) is 8. The number of nitrogens with zero attached hydrogens (tertiary/aromatic N) is 1. The van der Waals surface area contributed by atoms with Crippen molar-refractivity contribution in [3.05, 3.63) is 0 Å². The predicted octanol–water partition coefficient (Wildman–Crippen LogP) is 7.19. The first kappa shape index (κ1) is 32.0. The minimum atomic E-state index is -0.398. The van der Waals surface area contributed by atoms with Gasteiger partial charge in [-0.1, -0.05) is 38.8 Å². The highest BCUT2D eigenvalue weighted by atomic mass is 17.2. The predicted molar refractivity (Wildman–Crippen MR) is 172 cm³/mol. The van der Waals surface area contributed by atoms with E-state index in [1.807, 2.05) is 6.92 Å². The standard InChI is InChI=1S/C38H57NO7/c1-8-9-18-40-39-30(34-25(5)29-13-11-23(3)27-15-17-36(7)21-33(42-34)38(27,29)46-44-36)19-31-24(4)28-12-10-22(2)26-14-16-35(6)20-32(41-31)37(26,28)45-43-35/h22-29,31-34H,10-21H2,1-7H3/b39-30-/t22-,23-,24-,25-,26+,27+,28+,29+,31-,32-,33-,34+,35-,36-,37-,38-/m1/s1. The minimum absolute atomic E-state index is 0.00524. The molecule has 6 aliphatic heterocycles. The van der Waals surface area contributed by atoms with Gasteiger partial charge < -0.3 is 14.3 Å². The Morgan fingerprint density at radius 1 is 0.717 bits per heavy atom. The number of fused-ring (bicyclic) bond motifs is 4. The quantitative estimate of drug-likeness (QED) is 0.104. The Labute approximate surface area is 276 Å². The molecule has 0 aromatic carbocycles. The van der Waals surface area contributed by atoms with Crippen LogP contribution in [0.15, 0.2) is 5.16 Å². The summed E-state index contributed by atoms with van der Waals surface area (Å²) in [7, 11) is 0. The van der Waals surface area contributed by atoms with Crippen LogP contribution >= 0.6 is 0 Å². The molecule has 8 nitrogen and oxygen atoms in total. The highest BCUT2D eigenvalue weighted by Gasteiger charge is 2.70. The first-order valence-electron chi connectivity index (χ1n) is 18.7. The van der Waals surface area contributed by atoms with Gasteiger partial charge in [0.05, 0.1) is 24.0 Å². The molecule has 8 heteroatoms. The van der Waals surface area contributed by atoms with E-state index in [0.29, 0.717) is 41.9 Å². The average Bonchev–Trinajstić information content (AvgIpc) is 3.40. The Morgan fingerprint density at radius 2 is 1.28 bits per heavy atom. The van der Waals surface area contributed by atoms with Gasteiger partial charge in [-0.25, -0.2) is 19.6 Å². The maximum Gasteiger partial charge on any atom is 0.177 e. The molecule has 10 fully saturated rings. The molecule has 0 radical (unpaired) electrons. The smallest absolute Gasteiger partial charge is 0.177 e. The van der Waals surface area contributed by atoms with Crippen LogP contribution in [0.3, 0.4) is 0 Å². The Hall–Kier alpha value is -1.21. The number of oxime groups is 1. The zero-order valence-electron chi connectivity index (χ0n) is 29.2. The molecule has 6 heterocycles. The van der Waals surface area contributed by atoms with E-state index in [1.165, 1.54) is 12.8 Å². The molecular weight excluding hydrogens is 582 g/mol. The lowest BCUT2D eigenvalue weighted by Gasteiger charge is -2.62. The van der Waals surface area contributed by atoms with Gasteiger partial charge in [0.15, 0.2) is 6.61 Å². The minimum Gasteiger partial charge on any atom is -0.383 e. The van der Waals surface area contributed by atoms with Crippen LogP contribution in [0, 0.1) is 59.2 Å². The Bertz CT molecular complexity index is 1280. The highest BCUT2D eigenvalue weighted by molar-refractivity contribution is 5.89. The molecular formula is C38H57NO7. The van der Waals surface area contributed by atoms with Gasteiger partial charge in [-0.05, 0) is 119 Å². The molecule has 0 amide bonds. The van der Waals surface area contributed by atoms with Crippen LogP contribution in [-0.2, 0) is 33.9 Å². The molecule has 6 saturated heterocycles. The summed E-state index contributed by atoms with van der Waals surface area (Å²) in [5.74, 6) is 9.26. The second-order valence-corrected chi connectivity index (χ2v) is 17.4. The van der Waals surface area contributed by atoms with Crippen LogP contribution in [0.1, 0.15) is 119 Å². The normalized spacial score (nSPS) is 55.7. The van der Waals surface area contributed by atoms with E-state index < -0.39 is 5.60 Å². The van der Waals surface area contributed by atoms with Crippen LogP contribution in [0.5, 0.6) is 0 Å².